The number of hydrogen-bond donors (Lipinski definition) is 1. The molecule has 2 aliphatic heterocycles. The summed E-state index contributed by atoms with van der Waals surface area (Å²) in [4.78, 5) is 32.1. The summed E-state index contributed by atoms with van der Waals surface area (Å²) >= 11 is 5.98. The van der Waals surface area contributed by atoms with Crippen molar-refractivity contribution in [2.24, 2.45) is 0 Å². The molecule has 7 heteroatoms. The lowest BCUT2D eigenvalue weighted by Crippen LogP contribution is -2.48. The molecule has 2 heterocycles. The summed E-state index contributed by atoms with van der Waals surface area (Å²) in [7, 11) is 0. The van der Waals surface area contributed by atoms with E-state index in [0.29, 0.717) is 41.6 Å². The first-order valence-electron chi connectivity index (χ1n) is 9.62. The van der Waals surface area contributed by atoms with Gasteiger partial charge in [0.05, 0.1) is 17.9 Å². The molecule has 150 valence electrons. The number of halogens is 1. The molecule has 1 saturated heterocycles. The zero-order valence-corrected chi connectivity index (χ0v) is 16.7. The normalized spacial score (nSPS) is 18.1. The second-order valence-electron chi connectivity index (χ2n) is 7.06. The third-order valence-electron chi connectivity index (χ3n) is 5.31. The van der Waals surface area contributed by atoms with Crippen LogP contribution in [0.1, 0.15) is 5.56 Å². The van der Waals surface area contributed by atoms with Crippen LogP contribution in [0.4, 0.5) is 5.69 Å². The average Bonchev–Trinajstić information content (AvgIpc) is 3.00. The van der Waals surface area contributed by atoms with Crippen molar-refractivity contribution in [2.45, 2.75) is 0 Å². The molecule has 6 nitrogen and oxygen atoms in total. The van der Waals surface area contributed by atoms with Gasteiger partial charge >= 0.3 is 0 Å². The van der Waals surface area contributed by atoms with Crippen LogP contribution in [0.25, 0.3) is 5.57 Å². The minimum absolute atomic E-state index is 0.111. The molecule has 1 fully saturated rings. The number of benzene rings is 2. The number of nitrogens with zero attached hydrogens (tertiary/aromatic N) is 3. The minimum Gasteiger partial charge on any atom is -0.395 e. The van der Waals surface area contributed by atoms with Gasteiger partial charge in [-0.05, 0) is 29.8 Å². The number of imide groups is 1. The molecule has 2 aromatic rings. The third kappa shape index (κ3) is 3.79. The zero-order chi connectivity index (χ0) is 20.4. The van der Waals surface area contributed by atoms with Crippen molar-refractivity contribution < 1.29 is 14.7 Å². The van der Waals surface area contributed by atoms with Crippen LogP contribution in [0.15, 0.2) is 60.3 Å². The monoisotopic (exact) mass is 411 g/mol. The fourth-order valence-electron chi connectivity index (χ4n) is 3.84. The lowest BCUT2D eigenvalue weighted by molar-refractivity contribution is -0.120. The molecule has 0 aliphatic carbocycles. The van der Waals surface area contributed by atoms with Gasteiger partial charge in [0.25, 0.3) is 11.8 Å². The topological polar surface area (TPSA) is 64.1 Å². The van der Waals surface area contributed by atoms with Gasteiger partial charge in [0.1, 0.15) is 5.70 Å². The first-order valence-corrected chi connectivity index (χ1v) is 10.00. The van der Waals surface area contributed by atoms with E-state index in [0.717, 1.165) is 18.7 Å². The Morgan fingerprint density at radius 1 is 0.862 bits per heavy atom. The molecular weight excluding hydrogens is 390 g/mol. The van der Waals surface area contributed by atoms with Crippen LogP contribution in [0.3, 0.4) is 0 Å². The van der Waals surface area contributed by atoms with E-state index in [1.54, 1.807) is 24.3 Å². The van der Waals surface area contributed by atoms with E-state index in [1.165, 1.54) is 4.90 Å². The highest BCUT2D eigenvalue weighted by molar-refractivity contribution is 6.45. The van der Waals surface area contributed by atoms with Crippen molar-refractivity contribution in [1.29, 1.82) is 0 Å². The Hall–Kier alpha value is -2.67. The van der Waals surface area contributed by atoms with Crippen molar-refractivity contribution in [2.75, 3.05) is 44.2 Å². The van der Waals surface area contributed by atoms with E-state index in [9.17, 15) is 9.59 Å². The predicted octanol–water partition coefficient (Wildman–Crippen LogP) is 2.23. The number of carbonyl (C=O) groups excluding carboxylic acids is 2. The van der Waals surface area contributed by atoms with Gasteiger partial charge in [-0.1, -0.05) is 41.9 Å². The quantitative estimate of drug-likeness (QED) is 0.764. The van der Waals surface area contributed by atoms with Crippen LogP contribution in [-0.4, -0.2) is 66.1 Å². The maximum Gasteiger partial charge on any atom is 0.282 e. The van der Waals surface area contributed by atoms with Gasteiger partial charge in [-0.3, -0.25) is 14.5 Å². The average molecular weight is 412 g/mol. The smallest absolute Gasteiger partial charge is 0.282 e. The van der Waals surface area contributed by atoms with Crippen LogP contribution in [-0.2, 0) is 9.59 Å². The number of aliphatic hydroxyl groups is 1. The first-order chi connectivity index (χ1) is 14.1. The molecule has 2 aliphatic rings. The van der Waals surface area contributed by atoms with Gasteiger partial charge in [0, 0.05) is 37.7 Å². The summed E-state index contributed by atoms with van der Waals surface area (Å²) in [6, 6.07) is 16.0. The van der Waals surface area contributed by atoms with Crippen LogP contribution in [0, 0.1) is 0 Å². The summed E-state index contributed by atoms with van der Waals surface area (Å²) in [5.41, 5.74) is 2.11. The maximum atomic E-state index is 13.4. The second-order valence-corrected chi connectivity index (χ2v) is 7.50. The Balaban J connectivity index is 1.72. The van der Waals surface area contributed by atoms with Crippen molar-refractivity contribution >= 4 is 34.7 Å². The van der Waals surface area contributed by atoms with Crippen molar-refractivity contribution in [3.05, 3.63) is 70.9 Å². The molecule has 0 unspecified atom stereocenters. The number of hydrogen-bond acceptors (Lipinski definition) is 5. The van der Waals surface area contributed by atoms with Gasteiger partial charge in [0.15, 0.2) is 0 Å². The van der Waals surface area contributed by atoms with Crippen molar-refractivity contribution in [3.8, 4) is 0 Å². The predicted molar refractivity (Wildman–Crippen MR) is 112 cm³/mol. The molecule has 2 amide bonds. The Labute approximate surface area is 174 Å². The van der Waals surface area contributed by atoms with Crippen LogP contribution in [0.5, 0.6) is 0 Å². The van der Waals surface area contributed by atoms with Gasteiger partial charge in [-0.15, -0.1) is 0 Å². The molecule has 4 rings (SSSR count). The summed E-state index contributed by atoms with van der Waals surface area (Å²) < 4.78 is 0. The fraction of sp³-hybridized carbons (Fsp3) is 0.273. The standard InChI is InChI=1S/C22H22ClN3O3/c23-17-6-8-18(9-7-17)26-21(28)19(16-4-2-1-3-5-16)20(22(26)29)25-12-10-24(11-13-25)14-15-27/h1-9,27H,10-15H2. The van der Waals surface area contributed by atoms with Gasteiger partial charge in [0.2, 0.25) is 0 Å². The molecule has 0 atom stereocenters. The second kappa shape index (κ2) is 8.37. The third-order valence-corrected chi connectivity index (χ3v) is 5.56. The molecular formula is C22H22ClN3O3. The first kappa shape index (κ1) is 19.6. The Bertz CT molecular complexity index is 936. The highest BCUT2D eigenvalue weighted by Crippen LogP contribution is 2.35. The largest absolute Gasteiger partial charge is 0.395 e. The van der Waals surface area contributed by atoms with Gasteiger partial charge in [-0.25, -0.2) is 4.90 Å². The number of carbonyl (C=O) groups is 2. The van der Waals surface area contributed by atoms with Crippen LogP contribution < -0.4 is 4.90 Å². The number of piperazine rings is 1. The van der Waals surface area contributed by atoms with E-state index in [2.05, 4.69) is 4.90 Å². The number of anilines is 1. The number of rotatable bonds is 5. The Morgan fingerprint density at radius 2 is 1.52 bits per heavy atom. The fourth-order valence-corrected chi connectivity index (χ4v) is 3.96. The molecule has 0 aromatic heterocycles. The highest BCUT2D eigenvalue weighted by atomic mass is 35.5. The van der Waals surface area contributed by atoms with E-state index < -0.39 is 0 Å². The Morgan fingerprint density at radius 3 is 2.14 bits per heavy atom. The van der Waals surface area contributed by atoms with E-state index in [4.69, 9.17) is 16.7 Å². The van der Waals surface area contributed by atoms with Crippen molar-refractivity contribution in [3.63, 3.8) is 0 Å². The summed E-state index contributed by atoms with van der Waals surface area (Å²) in [6.45, 7) is 3.43. The molecule has 0 saturated carbocycles. The lowest BCUT2D eigenvalue weighted by atomic mass is 10.0. The van der Waals surface area contributed by atoms with Crippen LogP contribution >= 0.6 is 11.6 Å². The summed E-state index contributed by atoms with van der Waals surface area (Å²) in [5.74, 6) is -0.636. The summed E-state index contributed by atoms with van der Waals surface area (Å²) in [6.07, 6.45) is 0. The lowest BCUT2D eigenvalue weighted by Gasteiger charge is -2.36. The molecule has 0 bridgehead atoms. The highest BCUT2D eigenvalue weighted by Gasteiger charge is 2.42. The SMILES string of the molecule is O=C1C(c2ccccc2)=C(N2CCN(CCO)CC2)C(=O)N1c1ccc(Cl)cc1. The maximum absolute atomic E-state index is 13.4. The number of aliphatic hydroxyl groups excluding tert-OH is 1. The molecule has 0 spiro atoms. The zero-order valence-electron chi connectivity index (χ0n) is 15.9. The minimum atomic E-state index is -0.323. The van der Waals surface area contributed by atoms with Crippen LogP contribution in [0.2, 0.25) is 5.02 Å². The molecule has 1 N–H and O–H groups in total. The number of β-amino-alcohol motifs (C(OH)–C–C–N with tert-alkyl or cyclic N) is 1. The van der Waals surface area contributed by atoms with E-state index in [1.807, 2.05) is 35.2 Å². The number of amides is 2. The molecule has 0 radical (unpaired) electrons. The van der Waals surface area contributed by atoms with E-state index >= 15 is 0 Å². The molecule has 29 heavy (non-hydrogen) atoms. The van der Waals surface area contributed by atoms with Gasteiger partial charge in [-0.2, -0.15) is 0 Å². The molecule has 2 aromatic carbocycles. The van der Waals surface area contributed by atoms with E-state index in [-0.39, 0.29) is 18.4 Å². The Kier molecular flexibility index (Phi) is 5.67. The summed E-state index contributed by atoms with van der Waals surface area (Å²) in [5, 5.41) is 9.71. The van der Waals surface area contributed by atoms with Crippen molar-refractivity contribution in [1.82, 2.24) is 9.80 Å². The van der Waals surface area contributed by atoms with Gasteiger partial charge < -0.3 is 10.0 Å².